The quantitative estimate of drug-likeness (QED) is 0.830. The number of rotatable bonds is 1. The Hall–Kier alpha value is -1.20. The SMILES string of the molecule is CN[C@@]12CCOCC1COc1c(F)ccc(F)c12. The molecule has 1 aromatic rings. The van der Waals surface area contributed by atoms with Gasteiger partial charge in [-0.3, -0.25) is 0 Å². The molecule has 3 nitrogen and oxygen atoms in total. The summed E-state index contributed by atoms with van der Waals surface area (Å²) in [6.07, 6.45) is 0.616. The summed E-state index contributed by atoms with van der Waals surface area (Å²) in [6, 6.07) is 2.27. The molecule has 0 radical (unpaired) electrons. The molecule has 1 aromatic carbocycles. The fraction of sp³-hybridized carbons (Fsp3) is 0.538. The van der Waals surface area contributed by atoms with Crippen molar-refractivity contribution in [2.75, 3.05) is 26.9 Å². The number of hydrogen-bond donors (Lipinski definition) is 1. The zero-order chi connectivity index (χ0) is 12.8. The highest BCUT2D eigenvalue weighted by molar-refractivity contribution is 5.44. The van der Waals surface area contributed by atoms with Crippen LogP contribution in [0.1, 0.15) is 12.0 Å². The van der Waals surface area contributed by atoms with Crippen molar-refractivity contribution in [3.63, 3.8) is 0 Å². The topological polar surface area (TPSA) is 30.5 Å². The van der Waals surface area contributed by atoms with Crippen molar-refractivity contribution < 1.29 is 18.3 Å². The molecule has 1 unspecified atom stereocenters. The van der Waals surface area contributed by atoms with Crippen molar-refractivity contribution in [2.45, 2.75) is 12.0 Å². The average molecular weight is 255 g/mol. The lowest BCUT2D eigenvalue weighted by Gasteiger charge is -2.47. The van der Waals surface area contributed by atoms with Gasteiger partial charge in [-0.1, -0.05) is 0 Å². The van der Waals surface area contributed by atoms with Crippen molar-refractivity contribution in [1.82, 2.24) is 5.32 Å². The molecule has 0 amide bonds. The molecule has 2 aliphatic rings. The molecular weight excluding hydrogens is 240 g/mol. The van der Waals surface area contributed by atoms with Crippen LogP contribution in [0.5, 0.6) is 5.75 Å². The first kappa shape index (κ1) is 11.9. The third-order valence-corrected chi connectivity index (χ3v) is 4.04. The second kappa shape index (κ2) is 4.17. The van der Waals surface area contributed by atoms with Gasteiger partial charge in [0, 0.05) is 12.5 Å². The van der Waals surface area contributed by atoms with Crippen LogP contribution in [0.4, 0.5) is 8.78 Å². The summed E-state index contributed by atoms with van der Waals surface area (Å²) in [5, 5.41) is 3.18. The number of benzene rings is 1. The maximum Gasteiger partial charge on any atom is 0.165 e. The molecule has 98 valence electrons. The fourth-order valence-electron chi connectivity index (χ4n) is 3.05. The number of halogens is 2. The van der Waals surface area contributed by atoms with Gasteiger partial charge in [0.15, 0.2) is 11.6 Å². The van der Waals surface area contributed by atoms with Crippen LogP contribution >= 0.6 is 0 Å². The lowest BCUT2D eigenvalue weighted by molar-refractivity contribution is -0.0464. The third kappa shape index (κ3) is 1.47. The van der Waals surface area contributed by atoms with Crippen LogP contribution in [0.2, 0.25) is 0 Å². The van der Waals surface area contributed by atoms with E-state index >= 15 is 0 Å². The number of nitrogens with one attached hydrogen (secondary N) is 1. The molecule has 0 bridgehead atoms. The fourth-order valence-corrected chi connectivity index (χ4v) is 3.05. The van der Waals surface area contributed by atoms with E-state index in [1.54, 1.807) is 7.05 Å². The molecule has 1 N–H and O–H groups in total. The zero-order valence-corrected chi connectivity index (χ0v) is 10.1. The van der Waals surface area contributed by atoms with Crippen LogP contribution in [0, 0.1) is 17.6 Å². The summed E-state index contributed by atoms with van der Waals surface area (Å²) in [6.45, 7) is 1.37. The molecule has 3 rings (SSSR count). The maximum atomic E-state index is 14.1. The van der Waals surface area contributed by atoms with E-state index in [4.69, 9.17) is 9.47 Å². The van der Waals surface area contributed by atoms with Crippen molar-refractivity contribution in [3.05, 3.63) is 29.3 Å². The van der Waals surface area contributed by atoms with E-state index in [9.17, 15) is 8.78 Å². The van der Waals surface area contributed by atoms with Crippen LogP contribution in [0.25, 0.3) is 0 Å². The second-order valence-corrected chi connectivity index (χ2v) is 4.79. The van der Waals surface area contributed by atoms with E-state index in [0.29, 0.717) is 31.8 Å². The Morgan fingerprint density at radius 2 is 2.06 bits per heavy atom. The zero-order valence-electron chi connectivity index (χ0n) is 10.1. The molecule has 2 atom stereocenters. The Morgan fingerprint density at radius 1 is 1.28 bits per heavy atom. The summed E-state index contributed by atoms with van der Waals surface area (Å²) in [5.74, 6) is -0.888. The molecule has 1 saturated heterocycles. The van der Waals surface area contributed by atoms with Gasteiger partial charge in [-0.2, -0.15) is 0 Å². The van der Waals surface area contributed by atoms with Crippen LogP contribution in [0.15, 0.2) is 12.1 Å². The molecule has 1 fully saturated rings. The lowest BCUT2D eigenvalue weighted by atomic mass is 9.73. The highest BCUT2D eigenvalue weighted by atomic mass is 19.1. The predicted octanol–water partition coefficient (Wildman–Crippen LogP) is 1.81. The highest BCUT2D eigenvalue weighted by Crippen LogP contribution is 2.46. The molecule has 0 spiro atoms. The Morgan fingerprint density at radius 3 is 2.83 bits per heavy atom. The summed E-state index contributed by atoms with van der Waals surface area (Å²) < 4.78 is 38.7. The molecule has 2 aliphatic heterocycles. The first-order chi connectivity index (χ1) is 8.69. The largest absolute Gasteiger partial charge is 0.490 e. The van der Waals surface area contributed by atoms with Gasteiger partial charge in [0.05, 0.1) is 24.3 Å². The number of hydrogen-bond acceptors (Lipinski definition) is 3. The van der Waals surface area contributed by atoms with Gasteiger partial charge in [0.2, 0.25) is 0 Å². The first-order valence-corrected chi connectivity index (χ1v) is 6.07. The van der Waals surface area contributed by atoms with Gasteiger partial charge in [0.1, 0.15) is 5.82 Å². The van der Waals surface area contributed by atoms with E-state index in [-0.39, 0.29) is 11.7 Å². The summed E-state index contributed by atoms with van der Waals surface area (Å²) in [5.41, 5.74) is -0.276. The lowest BCUT2D eigenvalue weighted by Crippen LogP contribution is -2.56. The first-order valence-electron chi connectivity index (χ1n) is 6.07. The molecule has 0 aliphatic carbocycles. The van der Waals surface area contributed by atoms with Gasteiger partial charge in [-0.15, -0.1) is 0 Å². The normalized spacial score (nSPS) is 30.3. The minimum absolute atomic E-state index is 0.0000463. The second-order valence-electron chi connectivity index (χ2n) is 4.79. The van der Waals surface area contributed by atoms with Crippen LogP contribution in [0.3, 0.4) is 0 Å². The van der Waals surface area contributed by atoms with Gasteiger partial charge in [-0.25, -0.2) is 8.78 Å². The van der Waals surface area contributed by atoms with E-state index in [0.717, 1.165) is 12.1 Å². The standard InChI is InChI=1S/C13H15F2NO2/c1-16-13-4-5-17-6-8(13)7-18-12-10(15)3-2-9(14)11(12)13/h2-3,8,16H,4-7H2,1H3/t8?,13-/m0/s1. The van der Waals surface area contributed by atoms with Crippen LogP contribution in [-0.4, -0.2) is 26.9 Å². The average Bonchev–Trinajstić information content (AvgIpc) is 2.42. The number of ether oxygens (including phenoxy) is 2. The molecule has 18 heavy (non-hydrogen) atoms. The third-order valence-electron chi connectivity index (χ3n) is 4.04. The molecule has 0 saturated carbocycles. The van der Waals surface area contributed by atoms with Crippen molar-refractivity contribution in [3.8, 4) is 5.75 Å². The summed E-state index contributed by atoms with van der Waals surface area (Å²) in [4.78, 5) is 0. The van der Waals surface area contributed by atoms with Gasteiger partial charge in [-0.05, 0) is 25.6 Å². The monoisotopic (exact) mass is 255 g/mol. The maximum absolute atomic E-state index is 14.1. The smallest absolute Gasteiger partial charge is 0.165 e. The summed E-state index contributed by atoms with van der Waals surface area (Å²) >= 11 is 0. The van der Waals surface area contributed by atoms with Crippen LogP contribution in [-0.2, 0) is 10.3 Å². The van der Waals surface area contributed by atoms with Crippen molar-refractivity contribution in [2.24, 2.45) is 5.92 Å². The Balaban J connectivity index is 2.21. The Kier molecular flexibility index (Phi) is 2.75. The van der Waals surface area contributed by atoms with Crippen LogP contribution < -0.4 is 10.1 Å². The van der Waals surface area contributed by atoms with Crippen molar-refractivity contribution >= 4 is 0 Å². The van der Waals surface area contributed by atoms with Gasteiger partial charge < -0.3 is 14.8 Å². The van der Waals surface area contributed by atoms with Gasteiger partial charge >= 0.3 is 0 Å². The minimum atomic E-state index is -0.585. The molecule has 5 heteroatoms. The minimum Gasteiger partial charge on any atom is -0.490 e. The molecule has 2 heterocycles. The predicted molar refractivity (Wildman–Crippen MR) is 61.5 cm³/mol. The Labute approximate surface area is 104 Å². The Bertz CT molecular complexity index is 480. The van der Waals surface area contributed by atoms with E-state index < -0.39 is 17.2 Å². The summed E-state index contributed by atoms with van der Waals surface area (Å²) in [7, 11) is 1.78. The molecule has 0 aromatic heterocycles. The van der Waals surface area contributed by atoms with Crippen molar-refractivity contribution in [1.29, 1.82) is 0 Å². The molecular formula is C13H15F2NO2. The van der Waals surface area contributed by atoms with E-state index in [1.807, 2.05) is 0 Å². The van der Waals surface area contributed by atoms with E-state index in [2.05, 4.69) is 5.32 Å². The van der Waals surface area contributed by atoms with Gasteiger partial charge in [0.25, 0.3) is 0 Å². The van der Waals surface area contributed by atoms with E-state index in [1.165, 1.54) is 0 Å². The number of fused-ring (bicyclic) bond motifs is 3. The highest BCUT2D eigenvalue weighted by Gasteiger charge is 2.49.